The van der Waals surface area contributed by atoms with Crippen molar-refractivity contribution >= 4 is 17.5 Å². The number of nitrogens with zero attached hydrogens (tertiary/aromatic N) is 1. The minimum absolute atomic E-state index is 0.0426. The molecule has 2 aromatic rings. The summed E-state index contributed by atoms with van der Waals surface area (Å²) in [6.45, 7) is 5.97. The summed E-state index contributed by atoms with van der Waals surface area (Å²) in [5.74, 6) is -0.425. The largest absolute Gasteiger partial charge is 0.342 e. The van der Waals surface area contributed by atoms with Crippen LogP contribution in [0.2, 0.25) is 0 Å². The Hall–Kier alpha value is -2.69. The zero-order chi connectivity index (χ0) is 16.8. The van der Waals surface area contributed by atoms with Gasteiger partial charge in [-0.3, -0.25) is 9.59 Å². The van der Waals surface area contributed by atoms with Crippen LogP contribution in [0.1, 0.15) is 16.8 Å². The lowest BCUT2D eigenvalue weighted by Gasteiger charge is -2.11. The van der Waals surface area contributed by atoms with Gasteiger partial charge in [-0.2, -0.15) is 4.57 Å². The molecule has 0 aliphatic heterocycles. The molecule has 0 fully saturated rings. The summed E-state index contributed by atoms with van der Waals surface area (Å²) in [4.78, 5) is 24.0. The highest BCUT2D eigenvalue weighted by atomic mass is 16.2. The Balaban J connectivity index is 1.87. The molecule has 2 rings (SSSR count). The Labute approximate surface area is 136 Å². The number of aryl methyl sites for hydroxylation is 3. The fraction of sp³-hybridized carbons (Fsp3) is 0.278. The van der Waals surface area contributed by atoms with E-state index in [0.29, 0.717) is 0 Å². The fourth-order valence-corrected chi connectivity index (χ4v) is 2.32. The zero-order valence-corrected chi connectivity index (χ0v) is 13.7. The standard InChI is InChI=1S/C18H21N3O2/c1-13-7-6-8-14(2)18(13)20-16(22)11-19-17(23)12-21-10-5-4-9-15(21)3/h4-10H,11-12H2,1-3H3,(H-,19,20,22,23)/p+1. The first-order valence-corrected chi connectivity index (χ1v) is 7.55. The first-order chi connectivity index (χ1) is 11.0. The molecule has 1 heterocycles. The van der Waals surface area contributed by atoms with Gasteiger partial charge in [0.1, 0.15) is 0 Å². The molecule has 1 aromatic carbocycles. The van der Waals surface area contributed by atoms with Gasteiger partial charge in [-0.05, 0) is 25.0 Å². The molecular weight excluding hydrogens is 290 g/mol. The van der Waals surface area contributed by atoms with Crippen LogP contribution in [0.4, 0.5) is 5.69 Å². The van der Waals surface area contributed by atoms with Gasteiger partial charge >= 0.3 is 0 Å². The zero-order valence-electron chi connectivity index (χ0n) is 13.7. The second kappa shape index (κ2) is 7.54. The number of anilines is 1. The highest BCUT2D eigenvalue weighted by Crippen LogP contribution is 2.18. The van der Waals surface area contributed by atoms with Crippen LogP contribution in [0.25, 0.3) is 0 Å². The number of amides is 2. The van der Waals surface area contributed by atoms with Crippen molar-refractivity contribution in [3.05, 3.63) is 59.4 Å². The first-order valence-electron chi connectivity index (χ1n) is 7.55. The minimum Gasteiger partial charge on any atom is -0.342 e. The van der Waals surface area contributed by atoms with Gasteiger partial charge < -0.3 is 10.6 Å². The van der Waals surface area contributed by atoms with Crippen LogP contribution >= 0.6 is 0 Å². The second-order valence-corrected chi connectivity index (χ2v) is 5.56. The van der Waals surface area contributed by atoms with E-state index in [0.717, 1.165) is 22.5 Å². The summed E-state index contributed by atoms with van der Waals surface area (Å²) >= 11 is 0. The van der Waals surface area contributed by atoms with Gasteiger partial charge in [0.15, 0.2) is 11.9 Å². The van der Waals surface area contributed by atoms with E-state index in [1.807, 2.05) is 67.9 Å². The maximum absolute atomic E-state index is 12.0. The van der Waals surface area contributed by atoms with E-state index in [-0.39, 0.29) is 24.9 Å². The van der Waals surface area contributed by atoms with Gasteiger partial charge in [-0.15, -0.1) is 0 Å². The van der Waals surface area contributed by atoms with Gasteiger partial charge in [0, 0.05) is 24.7 Å². The third-order valence-corrected chi connectivity index (χ3v) is 3.67. The number of hydrogen-bond donors (Lipinski definition) is 2. The number of carbonyl (C=O) groups is 2. The Bertz CT molecular complexity index is 706. The van der Waals surface area contributed by atoms with Gasteiger partial charge in [-0.1, -0.05) is 24.3 Å². The van der Waals surface area contributed by atoms with E-state index in [9.17, 15) is 9.59 Å². The topological polar surface area (TPSA) is 62.1 Å². The molecule has 0 saturated heterocycles. The number of hydrogen-bond acceptors (Lipinski definition) is 2. The monoisotopic (exact) mass is 312 g/mol. The quantitative estimate of drug-likeness (QED) is 0.825. The van der Waals surface area contributed by atoms with Gasteiger partial charge in [0.2, 0.25) is 12.5 Å². The second-order valence-electron chi connectivity index (χ2n) is 5.56. The molecule has 5 heteroatoms. The van der Waals surface area contributed by atoms with E-state index in [1.165, 1.54) is 0 Å². The summed E-state index contributed by atoms with van der Waals surface area (Å²) in [6, 6.07) is 11.5. The maximum Gasteiger partial charge on any atom is 0.286 e. The van der Waals surface area contributed by atoms with Gasteiger partial charge in [0.05, 0.1) is 6.54 Å². The molecular formula is C18H22N3O2+. The van der Waals surface area contributed by atoms with Crippen molar-refractivity contribution in [2.24, 2.45) is 0 Å². The van der Waals surface area contributed by atoms with E-state index < -0.39 is 0 Å². The number of pyridine rings is 1. The lowest BCUT2D eigenvalue weighted by molar-refractivity contribution is -0.690. The molecule has 2 amide bonds. The van der Waals surface area contributed by atoms with Crippen molar-refractivity contribution < 1.29 is 14.2 Å². The number of para-hydroxylation sites is 1. The van der Waals surface area contributed by atoms with Crippen molar-refractivity contribution in [3.63, 3.8) is 0 Å². The summed E-state index contributed by atoms with van der Waals surface area (Å²) in [7, 11) is 0. The van der Waals surface area contributed by atoms with Crippen molar-refractivity contribution in [1.29, 1.82) is 0 Å². The molecule has 120 valence electrons. The third-order valence-electron chi connectivity index (χ3n) is 3.67. The maximum atomic E-state index is 12.0. The molecule has 5 nitrogen and oxygen atoms in total. The Morgan fingerprint density at radius 2 is 1.65 bits per heavy atom. The fourth-order valence-electron chi connectivity index (χ4n) is 2.32. The summed E-state index contributed by atoms with van der Waals surface area (Å²) < 4.78 is 1.83. The summed E-state index contributed by atoms with van der Waals surface area (Å²) in [5, 5.41) is 5.49. The highest BCUT2D eigenvalue weighted by Gasteiger charge is 2.13. The molecule has 0 bridgehead atoms. The molecule has 0 aliphatic rings. The average Bonchev–Trinajstić information content (AvgIpc) is 2.51. The van der Waals surface area contributed by atoms with Crippen LogP contribution in [-0.2, 0) is 16.1 Å². The molecule has 0 radical (unpaired) electrons. The Morgan fingerprint density at radius 1 is 0.957 bits per heavy atom. The smallest absolute Gasteiger partial charge is 0.286 e. The van der Waals surface area contributed by atoms with Gasteiger partial charge in [0.25, 0.3) is 5.91 Å². The van der Waals surface area contributed by atoms with E-state index in [4.69, 9.17) is 0 Å². The summed E-state index contributed by atoms with van der Waals surface area (Å²) in [6.07, 6.45) is 1.84. The van der Waals surface area contributed by atoms with E-state index in [1.54, 1.807) is 0 Å². The number of aromatic nitrogens is 1. The SMILES string of the molecule is Cc1cccc(C)c1NC(=O)CNC(=O)C[n+]1ccccc1C. The van der Waals surface area contributed by atoms with Crippen LogP contribution in [-0.4, -0.2) is 18.4 Å². The third kappa shape index (κ3) is 4.64. The van der Waals surface area contributed by atoms with E-state index in [2.05, 4.69) is 10.6 Å². The van der Waals surface area contributed by atoms with Crippen LogP contribution in [0.15, 0.2) is 42.6 Å². The molecule has 0 aliphatic carbocycles. The van der Waals surface area contributed by atoms with Crippen LogP contribution < -0.4 is 15.2 Å². The number of benzene rings is 1. The first kappa shape index (κ1) is 16.7. The number of carbonyl (C=O) groups excluding carboxylic acids is 2. The number of rotatable bonds is 5. The Kier molecular flexibility index (Phi) is 5.46. The van der Waals surface area contributed by atoms with Crippen LogP contribution in [0.3, 0.4) is 0 Å². The lowest BCUT2D eigenvalue weighted by Crippen LogP contribution is -2.46. The molecule has 2 N–H and O–H groups in total. The molecule has 0 spiro atoms. The predicted molar refractivity (Wildman–Crippen MR) is 88.9 cm³/mol. The van der Waals surface area contributed by atoms with Gasteiger partial charge in [-0.25, -0.2) is 0 Å². The molecule has 1 aromatic heterocycles. The van der Waals surface area contributed by atoms with Crippen LogP contribution in [0, 0.1) is 20.8 Å². The summed E-state index contributed by atoms with van der Waals surface area (Å²) in [5.41, 5.74) is 3.79. The van der Waals surface area contributed by atoms with Crippen molar-refractivity contribution in [2.45, 2.75) is 27.3 Å². The number of nitrogens with one attached hydrogen (secondary N) is 2. The molecule has 0 unspecified atom stereocenters. The predicted octanol–water partition coefficient (Wildman–Crippen LogP) is 1.65. The van der Waals surface area contributed by atoms with Crippen molar-refractivity contribution in [1.82, 2.24) is 5.32 Å². The molecule has 0 atom stereocenters. The van der Waals surface area contributed by atoms with Crippen molar-refractivity contribution in [3.8, 4) is 0 Å². The molecule has 23 heavy (non-hydrogen) atoms. The van der Waals surface area contributed by atoms with Crippen LogP contribution in [0.5, 0.6) is 0 Å². The van der Waals surface area contributed by atoms with Crippen molar-refractivity contribution in [2.75, 3.05) is 11.9 Å². The average molecular weight is 312 g/mol. The highest BCUT2D eigenvalue weighted by molar-refractivity contribution is 5.95. The Morgan fingerprint density at radius 3 is 2.30 bits per heavy atom. The molecule has 0 saturated carbocycles. The minimum atomic E-state index is -0.231. The lowest BCUT2D eigenvalue weighted by atomic mass is 10.1. The van der Waals surface area contributed by atoms with E-state index >= 15 is 0 Å². The normalized spacial score (nSPS) is 10.2.